The number of pyridine rings is 1. The molecule has 2 heterocycles. The fraction of sp³-hybridized carbons (Fsp3) is 0.429. The van der Waals surface area contributed by atoms with Crippen LogP contribution in [0.15, 0.2) is 18.3 Å². The molecule has 0 fully saturated rings. The van der Waals surface area contributed by atoms with Gasteiger partial charge in [0, 0.05) is 17.9 Å². The number of hydrogen-bond acceptors (Lipinski definition) is 3. The number of nitrogens with two attached hydrogens (primary N) is 1. The Labute approximate surface area is 108 Å². The predicted molar refractivity (Wildman–Crippen MR) is 72.8 cm³/mol. The second kappa shape index (κ2) is 4.90. The van der Waals surface area contributed by atoms with E-state index >= 15 is 0 Å². The summed E-state index contributed by atoms with van der Waals surface area (Å²) in [7, 11) is 0. The zero-order valence-electron chi connectivity index (χ0n) is 11.4. The second-order valence-electron chi connectivity index (χ2n) is 4.65. The molecular weight excluding hydrogens is 224 g/mol. The molecule has 0 saturated carbocycles. The Kier molecular flexibility index (Phi) is 3.48. The average Bonchev–Trinajstić information content (AvgIpc) is 2.64. The van der Waals surface area contributed by atoms with Gasteiger partial charge in [-0.15, -0.1) is 0 Å². The molecule has 0 saturated heterocycles. The van der Waals surface area contributed by atoms with E-state index in [2.05, 4.69) is 23.9 Å². The van der Waals surface area contributed by atoms with E-state index in [1.165, 1.54) is 5.56 Å². The summed E-state index contributed by atoms with van der Waals surface area (Å²) in [4.78, 5) is 4.44. The van der Waals surface area contributed by atoms with Crippen LogP contribution in [0.5, 0.6) is 0 Å². The van der Waals surface area contributed by atoms with E-state index in [4.69, 9.17) is 5.73 Å². The van der Waals surface area contributed by atoms with Crippen molar-refractivity contribution in [1.82, 2.24) is 14.8 Å². The van der Waals surface area contributed by atoms with Crippen molar-refractivity contribution in [3.8, 4) is 5.82 Å². The molecule has 0 aliphatic heterocycles. The van der Waals surface area contributed by atoms with Gasteiger partial charge >= 0.3 is 0 Å². The normalized spacial score (nSPS) is 12.7. The van der Waals surface area contributed by atoms with Gasteiger partial charge in [-0.3, -0.25) is 0 Å². The molecule has 2 aromatic rings. The zero-order valence-corrected chi connectivity index (χ0v) is 11.4. The Hall–Kier alpha value is -1.68. The van der Waals surface area contributed by atoms with Crippen molar-refractivity contribution in [2.24, 2.45) is 5.73 Å². The molecule has 0 aliphatic carbocycles. The summed E-state index contributed by atoms with van der Waals surface area (Å²) in [6.07, 6.45) is 2.82. The van der Waals surface area contributed by atoms with E-state index in [9.17, 15) is 0 Å². The van der Waals surface area contributed by atoms with Gasteiger partial charge in [0.1, 0.15) is 0 Å². The van der Waals surface area contributed by atoms with Crippen LogP contribution in [0.25, 0.3) is 5.82 Å². The van der Waals surface area contributed by atoms with Crippen molar-refractivity contribution in [3.63, 3.8) is 0 Å². The first kappa shape index (κ1) is 12.8. The molecule has 4 nitrogen and oxygen atoms in total. The van der Waals surface area contributed by atoms with Crippen LogP contribution in [-0.4, -0.2) is 14.8 Å². The maximum absolute atomic E-state index is 5.82. The Bertz CT molecular complexity index is 538. The second-order valence-corrected chi connectivity index (χ2v) is 4.65. The largest absolute Gasteiger partial charge is 0.324 e. The fourth-order valence-corrected chi connectivity index (χ4v) is 2.20. The molecule has 2 rings (SSSR count). The minimum Gasteiger partial charge on any atom is -0.324 e. The van der Waals surface area contributed by atoms with Gasteiger partial charge in [-0.2, -0.15) is 5.10 Å². The molecule has 0 spiro atoms. The summed E-state index contributed by atoms with van der Waals surface area (Å²) in [6, 6.07) is 3.99. The molecule has 0 bridgehead atoms. The Morgan fingerprint density at radius 3 is 2.50 bits per heavy atom. The van der Waals surface area contributed by atoms with E-state index in [1.807, 2.05) is 36.9 Å². The van der Waals surface area contributed by atoms with Crippen LogP contribution < -0.4 is 5.73 Å². The lowest BCUT2D eigenvalue weighted by atomic mass is 10.1. The van der Waals surface area contributed by atoms with E-state index in [1.54, 1.807) is 0 Å². The minimum atomic E-state index is 0.0122. The molecule has 0 amide bonds. The van der Waals surface area contributed by atoms with E-state index in [0.717, 1.165) is 29.2 Å². The van der Waals surface area contributed by atoms with Gasteiger partial charge in [-0.05, 0) is 44.4 Å². The predicted octanol–water partition coefficient (Wildman–Crippen LogP) is 2.47. The van der Waals surface area contributed by atoms with Crippen molar-refractivity contribution in [1.29, 1.82) is 0 Å². The number of hydrogen-bond donors (Lipinski definition) is 1. The topological polar surface area (TPSA) is 56.7 Å². The summed E-state index contributed by atoms with van der Waals surface area (Å²) in [5.41, 5.74) is 10.4. The molecule has 4 heteroatoms. The van der Waals surface area contributed by atoms with Gasteiger partial charge in [0.2, 0.25) is 0 Å². The van der Waals surface area contributed by atoms with Gasteiger partial charge in [-0.25, -0.2) is 9.67 Å². The Morgan fingerprint density at radius 2 is 2.06 bits per heavy atom. The fourth-order valence-electron chi connectivity index (χ4n) is 2.20. The smallest absolute Gasteiger partial charge is 0.153 e. The maximum Gasteiger partial charge on any atom is 0.153 e. The van der Waals surface area contributed by atoms with Crippen LogP contribution >= 0.6 is 0 Å². The minimum absolute atomic E-state index is 0.0122. The van der Waals surface area contributed by atoms with Gasteiger partial charge in [0.05, 0.1) is 5.69 Å². The molecule has 1 atom stereocenters. The van der Waals surface area contributed by atoms with Crippen molar-refractivity contribution in [2.75, 3.05) is 0 Å². The molecule has 2 aromatic heterocycles. The molecule has 96 valence electrons. The monoisotopic (exact) mass is 244 g/mol. The number of aromatic nitrogens is 3. The molecular formula is C14H20N4. The third-order valence-corrected chi connectivity index (χ3v) is 3.31. The van der Waals surface area contributed by atoms with Crippen LogP contribution in [0.3, 0.4) is 0 Å². The van der Waals surface area contributed by atoms with Crippen LogP contribution in [-0.2, 0) is 6.42 Å². The molecule has 0 aromatic carbocycles. The van der Waals surface area contributed by atoms with Gasteiger partial charge < -0.3 is 5.73 Å². The molecule has 0 aliphatic rings. The molecule has 0 unspecified atom stereocenters. The highest BCUT2D eigenvalue weighted by Crippen LogP contribution is 2.18. The first-order valence-corrected chi connectivity index (χ1v) is 6.31. The Morgan fingerprint density at radius 1 is 1.33 bits per heavy atom. The first-order chi connectivity index (χ1) is 8.54. The summed E-state index contributed by atoms with van der Waals surface area (Å²) < 4.78 is 1.90. The van der Waals surface area contributed by atoms with E-state index < -0.39 is 0 Å². The van der Waals surface area contributed by atoms with Crippen molar-refractivity contribution in [2.45, 2.75) is 40.2 Å². The van der Waals surface area contributed by atoms with Gasteiger partial charge in [0.15, 0.2) is 5.82 Å². The third kappa shape index (κ3) is 2.16. The lowest BCUT2D eigenvalue weighted by Crippen LogP contribution is -2.07. The number of rotatable bonds is 3. The lowest BCUT2D eigenvalue weighted by molar-refractivity contribution is 0.782. The van der Waals surface area contributed by atoms with Crippen LogP contribution in [0.2, 0.25) is 0 Å². The molecule has 0 radical (unpaired) electrons. The summed E-state index contributed by atoms with van der Waals surface area (Å²) in [6.45, 7) is 8.22. The highest BCUT2D eigenvalue weighted by atomic mass is 15.3. The quantitative estimate of drug-likeness (QED) is 0.902. The van der Waals surface area contributed by atoms with Gasteiger partial charge in [-0.1, -0.05) is 13.0 Å². The van der Waals surface area contributed by atoms with Gasteiger partial charge in [0.25, 0.3) is 0 Å². The van der Waals surface area contributed by atoms with E-state index in [0.29, 0.717) is 0 Å². The summed E-state index contributed by atoms with van der Waals surface area (Å²) in [5.74, 6) is 0.847. The first-order valence-electron chi connectivity index (χ1n) is 6.31. The number of aryl methyl sites for hydroxylation is 1. The van der Waals surface area contributed by atoms with E-state index in [-0.39, 0.29) is 6.04 Å². The maximum atomic E-state index is 5.82. The standard InChI is InChI=1S/C14H20N4/c1-5-13-10(3)17-18(11(13)4)14-7-6-12(8-16-14)9(2)15/h6-9H,5,15H2,1-4H3/t9-/m1/s1. The molecule has 18 heavy (non-hydrogen) atoms. The third-order valence-electron chi connectivity index (χ3n) is 3.31. The van der Waals surface area contributed by atoms with Crippen molar-refractivity contribution in [3.05, 3.63) is 40.8 Å². The summed E-state index contributed by atoms with van der Waals surface area (Å²) >= 11 is 0. The Balaban J connectivity index is 2.43. The van der Waals surface area contributed by atoms with Crippen LogP contribution in [0.4, 0.5) is 0 Å². The van der Waals surface area contributed by atoms with Crippen LogP contribution in [0, 0.1) is 13.8 Å². The van der Waals surface area contributed by atoms with Crippen LogP contribution in [0.1, 0.15) is 42.4 Å². The SMILES string of the molecule is CCc1c(C)nn(-c2ccc([C@@H](C)N)cn2)c1C. The summed E-state index contributed by atoms with van der Waals surface area (Å²) in [5, 5.41) is 4.55. The zero-order chi connectivity index (χ0) is 13.3. The highest BCUT2D eigenvalue weighted by molar-refractivity contribution is 5.33. The van der Waals surface area contributed by atoms with Crippen molar-refractivity contribution < 1.29 is 0 Å². The lowest BCUT2D eigenvalue weighted by Gasteiger charge is -2.07. The van der Waals surface area contributed by atoms with Crippen molar-refractivity contribution >= 4 is 0 Å². The number of nitrogens with zero attached hydrogens (tertiary/aromatic N) is 3. The highest BCUT2D eigenvalue weighted by Gasteiger charge is 2.12. The molecule has 2 N–H and O–H groups in total. The average molecular weight is 244 g/mol.